The average Bonchev–Trinajstić information content (AvgIpc) is 2.99. The number of benzene rings is 3. The van der Waals surface area contributed by atoms with Gasteiger partial charge in [0.15, 0.2) is 0 Å². The van der Waals surface area contributed by atoms with E-state index < -0.39 is 11.7 Å². The monoisotopic (exact) mass is 417 g/mol. The molecule has 3 aromatic carbocycles. The summed E-state index contributed by atoms with van der Waals surface area (Å²) >= 11 is 1.25. The zero-order valence-electron chi connectivity index (χ0n) is 16.6. The molecule has 1 aliphatic heterocycles. The van der Waals surface area contributed by atoms with Crippen LogP contribution in [0.1, 0.15) is 30.9 Å². The van der Waals surface area contributed by atoms with Gasteiger partial charge in [-0.25, -0.2) is 9.29 Å². The number of hydrogen-bond acceptors (Lipinski definition) is 3. The largest absolute Gasteiger partial charge is 0.272 e. The van der Waals surface area contributed by atoms with Crippen molar-refractivity contribution in [2.24, 2.45) is 0 Å². The normalized spacial score (nSPS) is 14.2. The molecule has 0 spiro atoms. The molecule has 0 saturated heterocycles. The Hall–Kier alpha value is -3.18. The number of halogens is 1. The van der Waals surface area contributed by atoms with Gasteiger partial charge in [-0.3, -0.25) is 9.59 Å². The van der Waals surface area contributed by atoms with E-state index in [0.29, 0.717) is 27.6 Å². The van der Waals surface area contributed by atoms with Crippen molar-refractivity contribution in [3.63, 3.8) is 0 Å². The summed E-state index contributed by atoms with van der Waals surface area (Å²) in [7, 11) is 0. The van der Waals surface area contributed by atoms with Crippen molar-refractivity contribution in [1.82, 2.24) is 0 Å². The number of carbonyl (C=O) groups is 2. The van der Waals surface area contributed by atoms with Gasteiger partial charge in [-0.05, 0) is 53.4 Å². The van der Waals surface area contributed by atoms with Gasteiger partial charge in [0.2, 0.25) is 0 Å². The third-order valence-electron chi connectivity index (χ3n) is 4.96. The van der Waals surface area contributed by atoms with Crippen LogP contribution in [0.15, 0.2) is 88.7 Å². The predicted octanol–water partition coefficient (Wildman–Crippen LogP) is 6.03. The molecule has 0 bridgehead atoms. The Morgan fingerprint density at radius 3 is 2.03 bits per heavy atom. The standard InChI is InChI=1S/C25H20FNO2S/c1-16(2)17-10-14-20(15-11-17)27-24(28)22(18-8-12-19(26)13-9-18)23(25(27)29)30-21-6-4-3-5-7-21/h3-16H,1-2H3. The first-order valence-corrected chi connectivity index (χ1v) is 10.5. The first-order valence-electron chi connectivity index (χ1n) is 9.67. The molecule has 2 amide bonds. The molecule has 0 atom stereocenters. The summed E-state index contributed by atoms with van der Waals surface area (Å²) in [4.78, 5) is 29.1. The van der Waals surface area contributed by atoms with Crippen LogP contribution >= 0.6 is 11.8 Å². The summed E-state index contributed by atoms with van der Waals surface area (Å²) in [6.07, 6.45) is 0. The Morgan fingerprint density at radius 1 is 0.800 bits per heavy atom. The number of anilines is 1. The lowest BCUT2D eigenvalue weighted by atomic mass is 10.0. The number of nitrogens with zero attached hydrogens (tertiary/aromatic N) is 1. The van der Waals surface area contributed by atoms with E-state index in [1.54, 1.807) is 12.1 Å². The highest BCUT2D eigenvalue weighted by atomic mass is 32.2. The van der Waals surface area contributed by atoms with E-state index in [-0.39, 0.29) is 5.91 Å². The number of amides is 2. The Morgan fingerprint density at radius 2 is 1.43 bits per heavy atom. The maximum atomic E-state index is 13.5. The molecule has 0 saturated carbocycles. The van der Waals surface area contributed by atoms with Crippen molar-refractivity contribution in [2.75, 3.05) is 4.90 Å². The topological polar surface area (TPSA) is 37.4 Å². The van der Waals surface area contributed by atoms with Gasteiger partial charge in [0.05, 0.1) is 16.2 Å². The molecule has 0 fully saturated rings. The summed E-state index contributed by atoms with van der Waals surface area (Å²) < 4.78 is 13.5. The van der Waals surface area contributed by atoms with E-state index in [4.69, 9.17) is 0 Å². The van der Waals surface area contributed by atoms with Crippen LogP contribution in [0.5, 0.6) is 0 Å². The molecular weight excluding hydrogens is 397 g/mol. The summed E-state index contributed by atoms with van der Waals surface area (Å²) in [5.41, 5.74) is 2.47. The molecule has 0 radical (unpaired) electrons. The number of thioether (sulfide) groups is 1. The molecule has 1 aliphatic rings. The average molecular weight is 418 g/mol. The highest BCUT2D eigenvalue weighted by Gasteiger charge is 2.40. The molecule has 1 heterocycles. The van der Waals surface area contributed by atoms with Gasteiger partial charge in [0.25, 0.3) is 11.8 Å². The zero-order valence-corrected chi connectivity index (χ0v) is 17.4. The van der Waals surface area contributed by atoms with Crippen LogP contribution in [0.2, 0.25) is 0 Å². The minimum absolute atomic E-state index is 0.293. The molecular formula is C25H20FNO2S. The highest BCUT2D eigenvalue weighted by Crippen LogP contribution is 2.41. The van der Waals surface area contributed by atoms with Crippen LogP contribution in [-0.4, -0.2) is 11.8 Å². The molecule has 3 aromatic rings. The molecule has 0 unspecified atom stereocenters. The van der Waals surface area contributed by atoms with Crippen molar-refractivity contribution in [3.8, 4) is 0 Å². The number of hydrogen-bond donors (Lipinski definition) is 0. The lowest BCUT2D eigenvalue weighted by molar-refractivity contribution is -0.119. The van der Waals surface area contributed by atoms with Crippen LogP contribution in [0.25, 0.3) is 5.57 Å². The quantitative estimate of drug-likeness (QED) is 0.476. The van der Waals surface area contributed by atoms with Crippen molar-refractivity contribution < 1.29 is 14.0 Å². The second-order valence-corrected chi connectivity index (χ2v) is 8.40. The van der Waals surface area contributed by atoms with Crippen LogP contribution < -0.4 is 4.90 Å². The fourth-order valence-corrected chi connectivity index (χ4v) is 4.34. The van der Waals surface area contributed by atoms with E-state index in [1.165, 1.54) is 40.9 Å². The fourth-order valence-electron chi connectivity index (χ4n) is 3.32. The van der Waals surface area contributed by atoms with Gasteiger partial charge in [-0.2, -0.15) is 0 Å². The Bertz CT molecular complexity index is 1120. The smallest absolute Gasteiger partial charge is 0.268 e. The third kappa shape index (κ3) is 3.81. The summed E-state index contributed by atoms with van der Waals surface area (Å²) in [6, 6.07) is 22.5. The van der Waals surface area contributed by atoms with E-state index in [2.05, 4.69) is 13.8 Å². The minimum atomic E-state index is -0.401. The van der Waals surface area contributed by atoms with Crippen molar-refractivity contribution >= 4 is 34.8 Å². The van der Waals surface area contributed by atoms with Crippen LogP contribution in [-0.2, 0) is 9.59 Å². The Labute approximate surface area is 179 Å². The number of imide groups is 1. The van der Waals surface area contributed by atoms with Gasteiger partial charge in [0, 0.05) is 4.90 Å². The molecule has 150 valence electrons. The van der Waals surface area contributed by atoms with Crippen molar-refractivity contribution in [3.05, 3.63) is 101 Å². The lowest BCUT2D eigenvalue weighted by Gasteiger charge is -2.16. The van der Waals surface area contributed by atoms with Crippen molar-refractivity contribution in [2.45, 2.75) is 24.7 Å². The molecule has 0 N–H and O–H groups in total. The SMILES string of the molecule is CC(C)c1ccc(N2C(=O)C(Sc3ccccc3)=C(c3ccc(F)cc3)C2=O)cc1. The van der Waals surface area contributed by atoms with E-state index in [9.17, 15) is 14.0 Å². The van der Waals surface area contributed by atoms with E-state index >= 15 is 0 Å². The van der Waals surface area contributed by atoms with Crippen LogP contribution in [0.3, 0.4) is 0 Å². The highest BCUT2D eigenvalue weighted by molar-refractivity contribution is 8.04. The predicted molar refractivity (Wildman–Crippen MR) is 119 cm³/mol. The maximum Gasteiger partial charge on any atom is 0.272 e. The number of rotatable bonds is 5. The second kappa shape index (κ2) is 8.28. The summed E-state index contributed by atoms with van der Waals surface area (Å²) in [5, 5.41) is 0. The van der Waals surface area contributed by atoms with Crippen LogP contribution in [0.4, 0.5) is 10.1 Å². The molecule has 3 nitrogen and oxygen atoms in total. The van der Waals surface area contributed by atoms with Gasteiger partial charge in [-0.15, -0.1) is 0 Å². The van der Waals surface area contributed by atoms with E-state index in [0.717, 1.165) is 10.5 Å². The molecule has 0 aromatic heterocycles. The molecule has 5 heteroatoms. The summed E-state index contributed by atoms with van der Waals surface area (Å²) in [6.45, 7) is 4.17. The van der Waals surface area contributed by atoms with Crippen molar-refractivity contribution in [1.29, 1.82) is 0 Å². The van der Waals surface area contributed by atoms with Gasteiger partial charge in [0.1, 0.15) is 5.82 Å². The second-order valence-electron chi connectivity index (χ2n) is 7.32. The first kappa shape index (κ1) is 20.1. The minimum Gasteiger partial charge on any atom is -0.268 e. The molecule has 0 aliphatic carbocycles. The molecule has 4 rings (SSSR count). The third-order valence-corrected chi connectivity index (χ3v) is 6.05. The Kier molecular flexibility index (Phi) is 5.55. The van der Waals surface area contributed by atoms with Gasteiger partial charge < -0.3 is 0 Å². The zero-order chi connectivity index (χ0) is 21.3. The first-order chi connectivity index (χ1) is 14.5. The van der Waals surface area contributed by atoms with Gasteiger partial charge in [-0.1, -0.05) is 68.1 Å². The lowest BCUT2D eigenvalue weighted by Crippen LogP contribution is -2.31. The summed E-state index contributed by atoms with van der Waals surface area (Å²) in [5.74, 6) is -0.816. The maximum absolute atomic E-state index is 13.5. The Balaban J connectivity index is 1.78. The van der Waals surface area contributed by atoms with Gasteiger partial charge >= 0.3 is 0 Å². The van der Waals surface area contributed by atoms with E-state index in [1.807, 2.05) is 42.5 Å². The van der Waals surface area contributed by atoms with Crippen LogP contribution in [0, 0.1) is 5.82 Å². The molecule has 30 heavy (non-hydrogen) atoms. The fraction of sp³-hybridized carbons (Fsp3) is 0.120. The number of carbonyl (C=O) groups excluding carboxylic acids is 2.